The number of hydrogen-bond acceptors (Lipinski definition) is 7. The monoisotopic (exact) mass is 348 g/mol. The SMILES string of the molecule is Cc1cncc(N2CC3CN(c4cc(-n5cccn5)ncn4)CC3C2)n1. The predicted octanol–water partition coefficient (Wildman–Crippen LogP) is 1.33. The van der Waals surface area contributed by atoms with Crippen LogP contribution in [0.2, 0.25) is 0 Å². The van der Waals surface area contributed by atoms with Crippen LogP contribution in [-0.2, 0) is 0 Å². The number of rotatable bonds is 3. The van der Waals surface area contributed by atoms with Gasteiger partial charge >= 0.3 is 0 Å². The van der Waals surface area contributed by atoms with E-state index in [-0.39, 0.29) is 0 Å². The molecule has 0 bridgehead atoms. The maximum absolute atomic E-state index is 4.62. The summed E-state index contributed by atoms with van der Waals surface area (Å²) in [5.74, 6) is 4.02. The number of hydrogen-bond donors (Lipinski definition) is 0. The molecule has 0 N–H and O–H groups in total. The minimum absolute atomic E-state index is 0.625. The van der Waals surface area contributed by atoms with E-state index < -0.39 is 0 Å². The van der Waals surface area contributed by atoms with Crippen molar-refractivity contribution in [2.24, 2.45) is 11.8 Å². The van der Waals surface area contributed by atoms with E-state index in [1.54, 1.807) is 23.4 Å². The normalized spacial score (nSPS) is 22.0. The molecule has 2 atom stereocenters. The van der Waals surface area contributed by atoms with E-state index in [0.717, 1.165) is 49.3 Å². The highest BCUT2D eigenvalue weighted by Crippen LogP contribution is 2.35. The lowest BCUT2D eigenvalue weighted by atomic mass is 10.0. The van der Waals surface area contributed by atoms with E-state index in [9.17, 15) is 0 Å². The Labute approximate surface area is 151 Å². The molecule has 8 heteroatoms. The number of aryl methyl sites for hydroxylation is 1. The van der Waals surface area contributed by atoms with Crippen LogP contribution in [0.4, 0.5) is 11.6 Å². The number of nitrogens with zero attached hydrogens (tertiary/aromatic N) is 8. The highest BCUT2D eigenvalue weighted by molar-refractivity contribution is 5.46. The zero-order valence-corrected chi connectivity index (χ0v) is 14.6. The van der Waals surface area contributed by atoms with Gasteiger partial charge in [-0.1, -0.05) is 0 Å². The molecule has 0 saturated carbocycles. The van der Waals surface area contributed by atoms with Crippen LogP contribution in [0.5, 0.6) is 0 Å². The van der Waals surface area contributed by atoms with Crippen molar-refractivity contribution in [3.63, 3.8) is 0 Å². The summed E-state index contributed by atoms with van der Waals surface area (Å²) >= 11 is 0. The second-order valence-electron chi connectivity index (χ2n) is 7.03. The molecule has 0 aliphatic carbocycles. The standard InChI is InChI=1S/C18H20N8/c1-13-6-19-7-18(23-13)25-10-14-8-24(9-15(14)11-25)16-5-17(21-12-20-16)26-4-2-3-22-26/h2-7,12,14-15H,8-11H2,1H3. The molecular weight excluding hydrogens is 328 g/mol. The second-order valence-corrected chi connectivity index (χ2v) is 7.03. The van der Waals surface area contributed by atoms with Gasteiger partial charge in [0, 0.05) is 62.7 Å². The topological polar surface area (TPSA) is 75.9 Å². The van der Waals surface area contributed by atoms with Crippen LogP contribution in [0, 0.1) is 18.8 Å². The lowest BCUT2D eigenvalue weighted by Gasteiger charge is -2.23. The third-order valence-corrected chi connectivity index (χ3v) is 5.25. The first kappa shape index (κ1) is 15.2. The van der Waals surface area contributed by atoms with E-state index in [1.165, 1.54) is 0 Å². The first-order valence-electron chi connectivity index (χ1n) is 8.87. The minimum atomic E-state index is 0.625. The summed E-state index contributed by atoms with van der Waals surface area (Å²) in [4.78, 5) is 22.4. The summed E-state index contributed by atoms with van der Waals surface area (Å²) in [7, 11) is 0. The van der Waals surface area contributed by atoms with Crippen LogP contribution in [0.3, 0.4) is 0 Å². The van der Waals surface area contributed by atoms with Gasteiger partial charge in [-0.05, 0) is 13.0 Å². The Kier molecular flexibility index (Phi) is 3.55. The van der Waals surface area contributed by atoms with E-state index in [4.69, 9.17) is 0 Å². The minimum Gasteiger partial charge on any atom is -0.356 e. The van der Waals surface area contributed by atoms with Gasteiger partial charge in [-0.2, -0.15) is 5.10 Å². The molecule has 0 aromatic carbocycles. The lowest BCUT2D eigenvalue weighted by Crippen LogP contribution is -2.29. The summed E-state index contributed by atoms with van der Waals surface area (Å²) in [6, 6.07) is 3.91. The molecule has 2 aliphatic heterocycles. The Balaban J connectivity index is 1.31. The first-order chi connectivity index (χ1) is 12.8. The lowest BCUT2D eigenvalue weighted by molar-refractivity contribution is 0.533. The molecule has 2 aliphatic rings. The fourth-order valence-electron chi connectivity index (χ4n) is 4.01. The van der Waals surface area contributed by atoms with E-state index >= 15 is 0 Å². The first-order valence-corrected chi connectivity index (χ1v) is 8.87. The van der Waals surface area contributed by atoms with Gasteiger partial charge in [0.2, 0.25) is 0 Å². The number of aromatic nitrogens is 6. The van der Waals surface area contributed by atoms with Crippen LogP contribution in [-0.4, -0.2) is 55.9 Å². The second kappa shape index (κ2) is 6.05. The zero-order valence-electron chi connectivity index (χ0n) is 14.6. The number of anilines is 2. The van der Waals surface area contributed by atoms with Crippen molar-refractivity contribution in [2.45, 2.75) is 6.92 Å². The van der Waals surface area contributed by atoms with Gasteiger partial charge in [0.1, 0.15) is 18.0 Å². The van der Waals surface area contributed by atoms with E-state index in [2.05, 4.69) is 34.8 Å². The quantitative estimate of drug-likeness (QED) is 0.707. The Hall–Kier alpha value is -3.03. The molecule has 2 unspecified atom stereocenters. The largest absolute Gasteiger partial charge is 0.356 e. The van der Waals surface area contributed by atoms with Crippen molar-refractivity contribution in [1.82, 2.24) is 29.7 Å². The molecule has 0 spiro atoms. The van der Waals surface area contributed by atoms with Gasteiger partial charge < -0.3 is 9.80 Å². The van der Waals surface area contributed by atoms with E-state index in [1.807, 2.05) is 31.5 Å². The molecule has 0 radical (unpaired) electrons. The third-order valence-electron chi connectivity index (χ3n) is 5.25. The van der Waals surface area contributed by atoms with Crippen LogP contribution < -0.4 is 9.80 Å². The Bertz CT molecular complexity index is 895. The van der Waals surface area contributed by atoms with Crippen molar-refractivity contribution < 1.29 is 0 Å². The molecule has 0 amide bonds. The Morgan fingerprint density at radius 3 is 2.35 bits per heavy atom. The third kappa shape index (κ3) is 2.67. The van der Waals surface area contributed by atoms with Gasteiger partial charge in [0.15, 0.2) is 5.82 Å². The maximum Gasteiger partial charge on any atom is 0.158 e. The molecule has 5 heterocycles. The van der Waals surface area contributed by atoms with Gasteiger partial charge in [-0.3, -0.25) is 4.98 Å². The van der Waals surface area contributed by atoms with Gasteiger partial charge in [0.25, 0.3) is 0 Å². The molecule has 132 valence electrons. The maximum atomic E-state index is 4.62. The summed E-state index contributed by atoms with van der Waals surface area (Å²) in [5.41, 5.74) is 0.966. The van der Waals surface area contributed by atoms with Crippen LogP contribution in [0.1, 0.15) is 5.69 Å². The van der Waals surface area contributed by atoms with Gasteiger partial charge in [-0.15, -0.1) is 0 Å². The van der Waals surface area contributed by atoms with Crippen molar-refractivity contribution in [3.8, 4) is 5.82 Å². The summed E-state index contributed by atoms with van der Waals surface area (Å²) in [6.45, 7) is 6.06. The van der Waals surface area contributed by atoms with Crippen LogP contribution in [0.15, 0.2) is 43.2 Å². The Morgan fingerprint density at radius 1 is 0.923 bits per heavy atom. The average molecular weight is 348 g/mol. The zero-order chi connectivity index (χ0) is 17.5. The van der Waals surface area contributed by atoms with Gasteiger partial charge in [-0.25, -0.2) is 19.6 Å². The van der Waals surface area contributed by atoms with Gasteiger partial charge in [0.05, 0.1) is 11.9 Å². The molecule has 2 fully saturated rings. The molecule has 2 saturated heterocycles. The highest BCUT2D eigenvalue weighted by Gasteiger charge is 2.41. The Morgan fingerprint density at radius 2 is 1.65 bits per heavy atom. The fraction of sp³-hybridized carbons (Fsp3) is 0.389. The molecule has 3 aromatic rings. The average Bonchev–Trinajstić information content (AvgIpc) is 3.38. The molecule has 5 rings (SSSR count). The van der Waals surface area contributed by atoms with Crippen molar-refractivity contribution in [1.29, 1.82) is 0 Å². The van der Waals surface area contributed by atoms with Crippen LogP contribution in [0.25, 0.3) is 5.82 Å². The van der Waals surface area contributed by atoms with Crippen molar-refractivity contribution in [2.75, 3.05) is 36.0 Å². The molecule has 26 heavy (non-hydrogen) atoms. The number of fused-ring (bicyclic) bond motifs is 1. The predicted molar refractivity (Wildman–Crippen MR) is 97.3 cm³/mol. The summed E-state index contributed by atoms with van der Waals surface area (Å²) < 4.78 is 1.76. The van der Waals surface area contributed by atoms with Crippen LogP contribution >= 0.6 is 0 Å². The van der Waals surface area contributed by atoms with Crippen molar-refractivity contribution >= 4 is 11.6 Å². The van der Waals surface area contributed by atoms with E-state index in [0.29, 0.717) is 11.8 Å². The molecular formula is C18H20N8. The summed E-state index contributed by atoms with van der Waals surface area (Å²) in [6.07, 6.45) is 8.94. The van der Waals surface area contributed by atoms with Crippen molar-refractivity contribution in [3.05, 3.63) is 48.9 Å². The fourth-order valence-corrected chi connectivity index (χ4v) is 4.01. The molecule has 3 aromatic heterocycles. The highest BCUT2D eigenvalue weighted by atomic mass is 15.3. The summed E-state index contributed by atoms with van der Waals surface area (Å²) in [5, 5.41) is 4.25. The smallest absolute Gasteiger partial charge is 0.158 e. The molecule has 8 nitrogen and oxygen atoms in total.